The highest BCUT2D eigenvalue weighted by atomic mass is 35.5. The first-order valence-corrected chi connectivity index (χ1v) is 7.64. The zero-order chi connectivity index (χ0) is 15.0. The maximum Gasteiger partial charge on any atom is 0.108 e. The Bertz CT molecular complexity index is 671. The monoisotopic (exact) mass is 322 g/mol. The molecule has 2 aromatic rings. The molecule has 1 unspecified atom stereocenters. The molecule has 0 radical (unpaired) electrons. The van der Waals surface area contributed by atoms with Gasteiger partial charge in [0.2, 0.25) is 0 Å². The molecule has 1 atom stereocenters. The summed E-state index contributed by atoms with van der Waals surface area (Å²) in [6.07, 6.45) is 3.72. The molecule has 1 aliphatic rings. The molecule has 3 N–H and O–H groups in total. The van der Waals surface area contributed by atoms with E-state index >= 15 is 0 Å². The number of hydrogen-bond donors (Lipinski definition) is 2. The van der Waals surface area contributed by atoms with Gasteiger partial charge in [0, 0.05) is 11.6 Å². The first kappa shape index (κ1) is 14.6. The molecule has 110 valence electrons. The average molecular weight is 323 g/mol. The van der Waals surface area contributed by atoms with E-state index in [2.05, 4.69) is 4.98 Å². The van der Waals surface area contributed by atoms with Gasteiger partial charge in [-0.15, -0.1) is 0 Å². The fraction of sp³-hybridized carbons (Fsp3) is 0.312. The van der Waals surface area contributed by atoms with Gasteiger partial charge < -0.3 is 10.8 Å². The van der Waals surface area contributed by atoms with E-state index in [0.29, 0.717) is 21.4 Å². The van der Waals surface area contributed by atoms with Crippen LogP contribution in [0.25, 0.3) is 0 Å². The molecule has 0 bridgehead atoms. The predicted molar refractivity (Wildman–Crippen MR) is 85.6 cm³/mol. The third kappa shape index (κ3) is 2.39. The maximum atomic E-state index is 10.9. The van der Waals surface area contributed by atoms with E-state index in [-0.39, 0.29) is 5.41 Å². The van der Waals surface area contributed by atoms with Gasteiger partial charge >= 0.3 is 0 Å². The summed E-state index contributed by atoms with van der Waals surface area (Å²) in [7, 11) is 0. The standard InChI is InChI=1S/C16H16Cl2N2O/c17-11-5-4-10(9-12(11)18)16(6-2-7-16)15(21)14-13(19)3-1-8-20-14/h1,3-5,8-9,15,21H,2,6-7,19H2. The summed E-state index contributed by atoms with van der Waals surface area (Å²) in [5.41, 5.74) is 7.61. The van der Waals surface area contributed by atoms with Gasteiger partial charge in [0.25, 0.3) is 0 Å². The Labute approximate surface area is 133 Å². The van der Waals surface area contributed by atoms with Crippen molar-refractivity contribution >= 4 is 28.9 Å². The summed E-state index contributed by atoms with van der Waals surface area (Å²) in [4.78, 5) is 4.26. The summed E-state index contributed by atoms with van der Waals surface area (Å²) in [5.74, 6) is 0. The van der Waals surface area contributed by atoms with Gasteiger partial charge in [0.05, 0.1) is 21.4 Å². The Kier molecular flexibility index (Phi) is 3.82. The highest BCUT2D eigenvalue weighted by molar-refractivity contribution is 6.42. The van der Waals surface area contributed by atoms with E-state index in [1.54, 1.807) is 24.4 Å². The second-order valence-corrected chi connectivity index (χ2v) is 6.33. The summed E-state index contributed by atoms with van der Waals surface area (Å²) in [6.45, 7) is 0. The number of aliphatic hydroxyl groups is 1. The molecule has 1 fully saturated rings. The fourth-order valence-electron chi connectivity index (χ4n) is 3.00. The van der Waals surface area contributed by atoms with Crippen LogP contribution in [0.3, 0.4) is 0 Å². The van der Waals surface area contributed by atoms with E-state index in [9.17, 15) is 5.11 Å². The lowest BCUT2D eigenvalue weighted by atomic mass is 9.60. The third-order valence-electron chi connectivity index (χ3n) is 4.39. The highest BCUT2D eigenvalue weighted by Crippen LogP contribution is 2.53. The number of rotatable bonds is 3. The van der Waals surface area contributed by atoms with E-state index in [1.807, 2.05) is 12.1 Å². The quantitative estimate of drug-likeness (QED) is 0.893. The van der Waals surface area contributed by atoms with Crippen molar-refractivity contribution in [1.29, 1.82) is 0 Å². The summed E-state index contributed by atoms with van der Waals surface area (Å²) in [5, 5.41) is 11.9. The number of benzene rings is 1. The smallest absolute Gasteiger partial charge is 0.108 e. The van der Waals surface area contributed by atoms with Gasteiger partial charge in [0.15, 0.2) is 0 Å². The number of nitrogens with two attached hydrogens (primary N) is 1. The minimum atomic E-state index is -0.746. The predicted octanol–water partition coefficient (Wildman–Crippen LogP) is 4.13. The van der Waals surface area contributed by atoms with Crippen LogP contribution in [-0.4, -0.2) is 10.1 Å². The number of nitrogen functional groups attached to an aromatic ring is 1. The molecule has 1 heterocycles. The average Bonchev–Trinajstić information content (AvgIpc) is 2.42. The number of pyridine rings is 1. The Morgan fingerprint density at radius 1 is 1.19 bits per heavy atom. The van der Waals surface area contributed by atoms with Gasteiger partial charge in [0.1, 0.15) is 6.10 Å². The minimum absolute atomic E-state index is 0.378. The van der Waals surface area contributed by atoms with E-state index in [0.717, 1.165) is 24.8 Å². The van der Waals surface area contributed by atoms with Crippen molar-refractivity contribution in [2.45, 2.75) is 30.8 Å². The topological polar surface area (TPSA) is 59.1 Å². The molecule has 1 saturated carbocycles. The number of halogens is 2. The first-order valence-electron chi connectivity index (χ1n) is 6.88. The number of anilines is 1. The number of aromatic nitrogens is 1. The Morgan fingerprint density at radius 2 is 1.95 bits per heavy atom. The molecular formula is C16H16Cl2N2O. The van der Waals surface area contributed by atoms with E-state index < -0.39 is 6.10 Å². The van der Waals surface area contributed by atoms with Crippen molar-refractivity contribution < 1.29 is 5.11 Å². The summed E-state index contributed by atoms with van der Waals surface area (Å²) < 4.78 is 0. The molecule has 0 aliphatic heterocycles. The molecular weight excluding hydrogens is 307 g/mol. The lowest BCUT2D eigenvalue weighted by molar-refractivity contribution is 0.0244. The number of aliphatic hydroxyl groups excluding tert-OH is 1. The van der Waals surface area contributed by atoms with Crippen molar-refractivity contribution in [3.05, 3.63) is 57.8 Å². The minimum Gasteiger partial charge on any atom is -0.397 e. The van der Waals surface area contributed by atoms with Crippen LogP contribution in [0.1, 0.15) is 36.6 Å². The summed E-state index contributed by atoms with van der Waals surface area (Å²) >= 11 is 12.1. The molecule has 0 spiro atoms. The molecule has 1 aromatic carbocycles. The molecule has 1 aromatic heterocycles. The van der Waals surface area contributed by atoms with Crippen LogP contribution in [0.5, 0.6) is 0 Å². The van der Waals surface area contributed by atoms with Crippen molar-refractivity contribution in [2.75, 3.05) is 5.73 Å². The fourth-order valence-corrected chi connectivity index (χ4v) is 3.30. The normalized spacial score (nSPS) is 18.0. The van der Waals surface area contributed by atoms with Crippen LogP contribution in [0.4, 0.5) is 5.69 Å². The lowest BCUT2D eigenvalue weighted by Gasteiger charge is -2.46. The van der Waals surface area contributed by atoms with Crippen LogP contribution in [0.15, 0.2) is 36.5 Å². The van der Waals surface area contributed by atoms with Crippen LogP contribution in [0.2, 0.25) is 10.0 Å². The van der Waals surface area contributed by atoms with Crippen molar-refractivity contribution in [3.63, 3.8) is 0 Å². The van der Waals surface area contributed by atoms with Crippen LogP contribution in [-0.2, 0) is 5.41 Å². The van der Waals surface area contributed by atoms with Crippen molar-refractivity contribution in [3.8, 4) is 0 Å². The van der Waals surface area contributed by atoms with Gasteiger partial charge in [-0.1, -0.05) is 35.7 Å². The Balaban J connectivity index is 2.04. The third-order valence-corrected chi connectivity index (χ3v) is 5.13. The molecule has 3 nitrogen and oxygen atoms in total. The van der Waals surface area contributed by atoms with Gasteiger partial charge in [-0.05, 0) is 42.7 Å². The molecule has 3 rings (SSSR count). The molecule has 21 heavy (non-hydrogen) atoms. The molecule has 5 heteroatoms. The summed E-state index contributed by atoms with van der Waals surface area (Å²) in [6, 6.07) is 9.06. The zero-order valence-electron chi connectivity index (χ0n) is 11.4. The second-order valence-electron chi connectivity index (χ2n) is 5.52. The van der Waals surface area contributed by atoms with Crippen molar-refractivity contribution in [1.82, 2.24) is 4.98 Å². The van der Waals surface area contributed by atoms with Crippen LogP contribution in [0, 0.1) is 0 Å². The second kappa shape index (κ2) is 5.48. The van der Waals surface area contributed by atoms with Gasteiger partial charge in [-0.25, -0.2) is 0 Å². The van der Waals surface area contributed by atoms with Gasteiger partial charge in [-0.2, -0.15) is 0 Å². The lowest BCUT2D eigenvalue weighted by Crippen LogP contribution is -2.41. The van der Waals surface area contributed by atoms with E-state index in [1.165, 1.54) is 0 Å². The number of nitrogens with zero attached hydrogens (tertiary/aromatic N) is 1. The Morgan fingerprint density at radius 3 is 2.52 bits per heavy atom. The molecule has 1 aliphatic carbocycles. The van der Waals surface area contributed by atoms with E-state index in [4.69, 9.17) is 28.9 Å². The zero-order valence-corrected chi connectivity index (χ0v) is 12.9. The number of hydrogen-bond acceptors (Lipinski definition) is 3. The SMILES string of the molecule is Nc1cccnc1C(O)C1(c2ccc(Cl)c(Cl)c2)CCC1. The molecule has 0 saturated heterocycles. The van der Waals surface area contributed by atoms with Crippen LogP contribution >= 0.6 is 23.2 Å². The largest absolute Gasteiger partial charge is 0.397 e. The highest BCUT2D eigenvalue weighted by Gasteiger charge is 2.46. The first-order chi connectivity index (χ1) is 10.0. The molecule has 0 amide bonds. The van der Waals surface area contributed by atoms with Crippen molar-refractivity contribution in [2.24, 2.45) is 0 Å². The maximum absolute atomic E-state index is 10.9. The van der Waals surface area contributed by atoms with Gasteiger partial charge in [-0.3, -0.25) is 4.98 Å². The van der Waals surface area contributed by atoms with Crippen LogP contribution < -0.4 is 5.73 Å². The Hall–Kier alpha value is -1.29.